The topological polar surface area (TPSA) is 38.7 Å². The van der Waals surface area contributed by atoms with Gasteiger partial charge >= 0.3 is 0 Å². The van der Waals surface area contributed by atoms with Gasteiger partial charge in [0, 0.05) is 20.6 Å². The monoisotopic (exact) mass is 264 g/mol. The van der Waals surface area contributed by atoms with E-state index in [1.807, 2.05) is 18.2 Å². The lowest BCUT2D eigenvalue weighted by molar-refractivity contribution is -0.101. The number of hydrogen-bond acceptors (Lipinski definition) is 3. The zero-order chi connectivity index (χ0) is 13.7. The van der Waals surface area contributed by atoms with Crippen molar-refractivity contribution >= 4 is 0 Å². The maximum Gasteiger partial charge on any atom is 0.160 e. The van der Waals surface area contributed by atoms with E-state index in [-0.39, 0.29) is 12.4 Å². The molecule has 1 aliphatic carbocycles. The molecule has 1 N–H and O–H groups in total. The Morgan fingerprint density at radius 1 is 1.16 bits per heavy atom. The smallest absolute Gasteiger partial charge is 0.160 e. The van der Waals surface area contributed by atoms with Crippen molar-refractivity contribution < 1.29 is 14.6 Å². The van der Waals surface area contributed by atoms with Crippen LogP contribution < -0.4 is 0 Å². The van der Waals surface area contributed by atoms with E-state index in [2.05, 4.69) is 6.07 Å². The van der Waals surface area contributed by atoms with Crippen molar-refractivity contribution in [3.8, 4) is 0 Å². The van der Waals surface area contributed by atoms with Crippen LogP contribution in [0, 0.1) is 5.92 Å². The first-order chi connectivity index (χ1) is 9.26. The molecule has 2 rings (SSSR count). The van der Waals surface area contributed by atoms with Crippen molar-refractivity contribution in [1.82, 2.24) is 0 Å². The lowest BCUT2D eigenvalue weighted by atomic mass is 9.90. The SMILES string of the molecule is COC(Cc1ccccc1C(O)C1CCCC1)OC. The fourth-order valence-corrected chi connectivity index (χ4v) is 2.98. The van der Waals surface area contributed by atoms with Gasteiger partial charge < -0.3 is 14.6 Å². The van der Waals surface area contributed by atoms with Gasteiger partial charge in [0.2, 0.25) is 0 Å². The molecule has 1 aromatic carbocycles. The van der Waals surface area contributed by atoms with Gasteiger partial charge in [-0.15, -0.1) is 0 Å². The van der Waals surface area contributed by atoms with Crippen LogP contribution in [0.5, 0.6) is 0 Å². The summed E-state index contributed by atoms with van der Waals surface area (Å²) in [6.45, 7) is 0. The Bertz CT molecular complexity index is 381. The maximum absolute atomic E-state index is 10.6. The summed E-state index contributed by atoms with van der Waals surface area (Å²) >= 11 is 0. The van der Waals surface area contributed by atoms with Crippen molar-refractivity contribution in [1.29, 1.82) is 0 Å². The molecule has 3 heteroatoms. The van der Waals surface area contributed by atoms with Gasteiger partial charge in [-0.3, -0.25) is 0 Å². The van der Waals surface area contributed by atoms with Crippen LogP contribution in [-0.2, 0) is 15.9 Å². The van der Waals surface area contributed by atoms with Crippen LogP contribution in [0.4, 0.5) is 0 Å². The molecule has 0 aromatic heterocycles. The average Bonchev–Trinajstić information content (AvgIpc) is 2.98. The van der Waals surface area contributed by atoms with Gasteiger partial charge in [0.15, 0.2) is 6.29 Å². The van der Waals surface area contributed by atoms with Crippen LogP contribution in [0.15, 0.2) is 24.3 Å². The molecule has 0 spiro atoms. The number of rotatable bonds is 6. The molecule has 0 aliphatic heterocycles. The van der Waals surface area contributed by atoms with Gasteiger partial charge in [-0.05, 0) is 29.9 Å². The van der Waals surface area contributed by atoms with E-state index in [1.54, 1.807) is 14.2 Å². The standard InChI is InChI=1S/C16H24O3/c1-18-15(19-2)11-13-9-5-6-10-14(13)16(17)12-7-3-4-8-12/h5-6,9-10,12,15-17H,3-4,7-8,11H2,1-2H3. The van der Waals surface area contributed by atoms with Crippen LogP contribution in [0.2, 0.25) is 0 Å². The number of hydrogen-bond donors (Lipinski definition) is 1. The summed E-state index contributed by atoms with van der Waals surface area (Å²) < 4.78 is 10.5. The first-order valence-corrected chi connectivity index (χ1v) is 7.07. The Kier molecular flexibility index (Phi) is 5.37. The van der Waals surface area contributed by atoms with Crippen molar-refractivity contribution in [2.24, 2.45) is 5.92 Å². The number of aliphatic hydroxyl groups excluding tert-OH is 1. The van der Waals surface area contributed by atoms with E-state index in [4.69, 9.17) is 9.47 Å². The third-order valence-corrected chi connectivity index (χ3v) is 4.13. The van der Waals surface area contributed by atoms with E-state index in [0.29, 0.717) is 12.3 Å². The minimum Gasteiger partial charge on any atom is -0.388 e. The third kappa shape index (κ3) is 3.56. The van der Waals surface area contributed by atoms with E-state index >= 15 is 0 Å². The fraction of sp³-hybridized carbons (Fsp3) is 0.625. The Morgan fingerprint density at radius 3 is 2.42 bits per heavy atom. The van der Waals surface area contributed by atoms with Gasteiger partial charge in [-0.1, -0.05) is 37.1 Å². The van der Waals surface area contributed by atoms with E-state index in [0.717, 1.165) is 24.0 Å². The summed E-state index contributed by atoms with van der Waals surface area (Å²) in [4.78, 5) is 0. The maximum atomic E-state index is 10.6. The van der Waals surface area contributed by atoms with Crippen LogP contribution in [-0.4, -0.2) is 25.6 Å². The second kappa shape index (κ2) is 7.04. The van der Waals surface area contributed by atoms with Crippen LogP contribution in [0.1, 0.15) is 42.9 Å². The highest BCUT2D eigenvalue weighted by molar-refractivity contribution is 5.30. The van der Waals surface area contributed by atoms with Crippen molar-refractivity contribution in [3.63, 3.8) is 0 Å². The second-order valence-electron chi connectivity index (χ2n) is 5.29. The first-order valence-electron chi connectivity index (χ1n) is 7.07. The molecule has 3 nitrogen and oxygen atoms in total. The zero-order valence-electron chi connectivity index (χ0n) is 11.8. The van der Waals surface area contributed by atoms with Crippen LogP contribution in [0.25, 0.3) is 0 Å². The summed E-state index contributed by atoms with van der Waals surface area (Å²) in [6, 6.07) is 8.08. The molecule has 0 bridgehead atoms. The number of methoxy groups -OCH3 is 2. The summed E-state index contributed by atoms with van der Waals surface area (Å²) in [5, 5.41) is 10.6. The molecular formula is C16H24O3. The molecule has 1 fully saturated rings. The van der Waals surface area contributed by atoms with Gasteiger partial charge in [0.25, 0.3) is 0 Å². The normalized spacial score (nSPS) is 18.1. The lowest BCUT2D eigenvalue weighted by Crippen LogP contribution is -2.19. The van der Waals surface area contributed by atoms with Crippen molar-refractivity contribution in [3.05, 3.63) is 35.4 Å². The largest absolute Gasteiger partial charge is 0.388 e. The Morgan fingerprint density at radius 2 is 1.79 bits per heavy atom. The van der Waals surface area contributed by atoms with E-state index < -0.39 is 0 Å². The Hall–Kier alpha value is -0.900. The van der Waals surface area contributed by atoms with E-state index in [9.17, 15) is 5.11 Å². The minimum absolute atomic E-state index is 0.253. The van der Waals surface area contributed by atoms with Crippen LogP contribution >= 0.6 is 0 Å². The highest BCUT2D eigenvalue weighted by Gasteiger charge is 2.26. The average molecular weight is 264 g/mol. The molecule has 0 saturated heterocycles. The summed E-state index contributed by atoms with van der Waals surface area (Å²) in [5.74, 6) is 0.407. The predicted molar refractivity (Wildman–Crippen MR) is 74.9 cm³/mol. The molecular weight excluding hydrogens is 240 g/mol. The molecule has 19 heavy (non-hydrogen) atoms. The second-order valence-corrected chi connectivity index (χ2v) is 5.29. The highest BCUT2D eigenvalue weighted by atomic mass is 16.7. The Labute approximate surface area is 115 Å². The van der Waals surface area contributed by atoms with Gasteiger partial charge in [0.05, 0.1) is 6.10 Å². The van der Waals surface area contributed by atoms with E-state index in [1.165, 1.54) is 12.8 Å². The number of aliphatic hydroxyl groups is 1. The zero-order valence-corrected chi connectivity index (χ0v) is 11.8. The Balaban J connectivity index is 2.15. The molecule has 1 saturated carbocycles. The summed E-state index contributed by atoms with van der Waals surface area (Å²) in [6.07, 6.45) is 4.81. The van der Waals surface area contributed by atoms with Crippen molar-refractivity contribution in [2.45, 2.75) is 44.5 Å². The molecule has 1 atom stereocenters. The van der Waals surface area contributed by atoms with Crippen molar-refractivity contribution in [2.75, 3.05) is 14.2 Å². The summed E-state index contributed by atoms with van der Waals surface area (Å²) in [7, 11) is 3.29. The van der Waals surface area contributed by atoms with Gasteiger partial charge in [-0.2, -0.15) is 0 Å². The third-order valence-electron chi connectivity index (χ3n) is 4.13. The molecule has 1 aliphatic rings. The van der Waals surface area contributed by atoms with Crippen LogP contribution in [0.3, 0.4) is 0 Å². The number of benzene rings is 1. The predicted octanol–water partition coefficient (Wildman–Crippen LogP) is 3.07. The fourth-order valence-electron chi connectivity index (χ4n) is 2.98. The first kappa shape index (κ1) is 14.5. The van der Waals surface area contributed by atoms with Gasteiger partial charge in [-0.25, -0.2) is 0 Å². The minimum atomic E-state index is -0.354. The molecule has 106 valence electrons. The molecule has 1 unspecified atom stereocenters. The molecule has 0 heterocycles. The highest BCUT2D eigenvalue weighted by Crippen LogP contribution is 2.36. The summed E-state index contributed by atoms with van der Waals surface area (Å²) in [5.41, 5.74) is 2.16. The molecule has 1 aromatic rings. The molecule has 0 radical (unpaired) electrons. The number of ether oxygens (including phenoxy) is 2. The lowest BCUT2D eigenvalue weighted by Gasteiger charge is -2.22. The molecule has 0 amide bonds. The van der Waals surface area contributed by atoms with Gasteiger partial charge in [0.1, 0.15) is 0 Å². The quantitative estimate of drug-likeness (QED) is 0.803.